The van der Waals surface area contributed by atoms with Crippen LogP contribution in [0.5, 0.6) is 23.0 Å². The summed E-state index contributed by atoms with van der Waals surface area (Å²) in [5.74, 6) is 5.75. The van der Waals surface area contributed by atoms with Crippen LogP contribution in [-0.2, 0) is 0 Å². The summed E-state index contributed by atoms with van der Waals surface area (Å²) in [5, 5.41) is 0. The molecule has 0 heterocycles. The van der Waals surface area contributed by atoms with Gasteiger partial charge in [0.05, 0.1) is 27.4 Å². The SMILES string of the molecule is CCCCC(CC)COc1ccc(C2c3cc(OCC(CC)CCCC)c(OC)cc3C(CC)C2C)cc1OC. The number of rotatable bonds is 18. The summed E-state index contributed by atoms with van der Waals surface area (Å²) in [6, 6.07) is 11.1. The topological polar surface area (TPSA) is 36.9 Å². The molecule has 0 saturated heterocycles. The first-order valence-electron chi connectivity index (χ1n) is 16.1. The zero-order valence-electron chi connectivity index (χ0n) is 26.7. The maximum atomic E-state index is 6.48. The fourth-order valence-corrected chi connectivity index (χ4v) is 6.54. The fourth-order valence-electron chi connectivity index (χ4n) is 6.54. The average Bonchev–Trinajstić information content (AvgIpc) is 3.26. The Labute approximate surface area is 245 Å². The highest BCUT2D eigenvalue weighted by molar-refractivity contribution is 5.56. The van der Waals surface area contributed by atoms with E-state index >= 15 is 0 Å². The van der Waals surface area contributed by atoms with Gasteiger partial charge in [-0.05, 0) is 83.9 Å². The molecule has 40 heavy (non-hydrogen) atoms. The molecule has 3 rings (SSSR count). The number of unbranched alkanes of at least 4 members (excludes halogenated alkanes) is 2. The van der Waals surface area contributed by atoms with Gasteiger partial charge in [-0.1, -0.05) is 86.1 Å². The normalized spacial score (nSPS) is 19.6. The largest absolute Gasteiger partial charge is 0.493 e. The molecule has 5 atom stereocenters. The Balaban J connectivity index is 1.90. The van der Waals surface area contributed by atoms with Gasteiger partial charge in [-0.25, -0.2) is 0 Å². The van der Waals surface area contributed by atoms with Gasteiger partial charge in [0.25, 0.3) is 0 Å². The molecule has 2 aromatic carbocycles. The van der Waals surface area contributed by atoms with Crippen molar-refractivity contribution in [2.75, 3.05) is 27.4 Å². The molecular formula is C36H56O4. The van der Waals surface area contributed by atoms with Crippen molar-refractivity contribution in [2.24, 2.45) is 17.8 Å². The Morgan fingerprint density at radius 2 is 1.23 bits per heavy atom. The molecule has 1 aliphatic carbocycles. The van der Waals surface area contributed by atoms with Crippen molar-refractivity contribution in [3.8, 4) is 23.0 Å². The smallest absolute Gasteiger partial charge is 0.161 e. The highest BCUT2D eigenvalue weighted by Crippen LogP contribution is 2.54. The lowest BCUT2D eigenvalue weighted by molar-refractivity contribution is 0.224. The van der Waals surface area contributed by atoms with Gasteiger partial charge in [-0.3, -0.25) is 0 Å². The molecule has 0 N–H and O–H groups in total. The third-order valence-electron chi connectivity index (χ3n) is 9.29. The van der Waals surface area contributed by atoms with Gasteiger partial charge in [0.2, 0.25) is 0 Å². The van der Waals surface area contributed by atoms with Crippen LogP contribution in [0.4, 0.5) is 0 Å². The molecule has 0 spiro atoms. The van der Waals surface area contributed by atoms with Crippen molar-refractivity contribution in [2.45, 2.75) is 111 Å². The molecule has 0 aromatic heterocycles. The van der Waals surface area contributed by atoms with E-state index in [0.29, 0.717) is 23.7 Å². The Kier molecular flexibility index (Phi) is 13.0. The Bertz CT molecular complexity index is 1030. The summed E-state index contributed by atoms with van der Waals surface area (Å²) >= 11 is 0. The second kappa shape index (κ2) is 16.2. The standard InChI is InChI=1S/C36H56O4/c1-9-14-16-26(11-3)23-39-32-19-18-28(20-33(32)37-7)36-25(6)29(13-5)30-21-34(38-8)35(22-31(30)36)40-24-27(12-4)17-15-10-2/h18-22,25-27,29,36H,9-17,23-24H2,1-8H3. The molecule has 224 valence electrons. The second-order valence-electron chi connectivity index (χ2n) is 11.8. The lowest BCUT2D eigenvalue weighted by Crippen LogP contribution is -2.13. The third kappa shape index (κ3) is 7.68. The van der Waals surface area contributed by atoms with E-state index in [9.17, 15) is 0 Å². The molecule has 1 aliphatic rings. The fraction of sp³-hybridized carbons (Fsp3) is 0.667. The van der Waals surface area contributed by atoms with Crippen molar-refractivity contribution in [1.29, 1.82) is 0 Å². The summed E-state index contributed by atoms with van der Waals surface area (Å²) in [6.45, 7) is 15.2. The van der Waals surface area contributed by atoms with Crippen molar-refractivity contribution < 1.29 is 18.9 Å². The summed E-state index contributed by atoms with van der Waals surface area (Å²) in [5.41, 5.74) is 4.03. The number of methoxy groups -OCH3 is 2. The first-order valence-corrected chi connectivity index (χ1v) is 16.1. The maximum absolute atomic E-state index is 6.48. The Morgan fingerprint density at radius 3 is 1.75 bits per heavy atom. The van der Waals surface area contributed by atoms with Gasteiger partial charge in [-0.15, -0.1) is 0 Å². The van der Waals surface area contributed by atoms with E-state index in [-0.39, 0.29) is 5.92 Å². The second-order valence-corrected chi connectivity index (χ2v) is 11.8. The van der Waals surface area contributed by atoms with E-state index in [1.165, 1.54) is 55.2 Å². The summed E-state index contributed by atoms with van der Waals surface area (Å²) in [4.78, 5) is 0. The van der Waals surface area contributed by atoms with Gasteiger partial charge in [0.1, 0.15) is 0 Å². The van der Waals surface area contributed by atoms with Gasteiger partial charge < -0.3 is 18.9 Å². The van der Waals surface area contributed by atoms with Crippen LogP contribution in [-0.4, -0.2) is 27.4 Å². The van der Waals surface area contributed by atoms with E-state index < -0.39 is 0 Å². The molecular weight excluding hydrogens is 496 g/mol. The lowest BCUT2D eigenvalue weighted by atomic mass is 9.83. The van der Waals surface area contributed by atoms with Crippen molar-refractivity contribution in [3.63, 3.8) is 0 Å². The minimum absolute atomic E-state index is 0.270. The van der Waals surface area contributed by atoms with Gasteiger partial charge in [0, 0.05) is 5.92 Å². The number of fused-ring (bicyclic) bond motifs is 1. The van der Waals surface area contributed by atoms with E-state index in [1.807, 2.05) is 0 Å². The summed E-state index contributed by atoms with van der Waals surface area (Å²) in [6.07, 6.45) is 10.8. The molecule has 4 nitrogen and oxygen atoms in total. The average molecular weight is 553 g/mol. The van der Waals surface area contributed by atoms with E-state index in [2.05, 4.69) is 71.9 Å². The third-order valence-corrected chi connectivity index (χ3v) is 9.29. The Hall–Kier alpha value is -2.36. The van der Waals surface area contributed by atoms with Crippen LogP contribution < -0.4 is 18.9 Å². The molecule has 5 unspecified atom stereocenters. The van der Waals surface area contributed by atoms with Crippen LogP contribution in [0.15, 0.2) is 30.3 Å². The molecule has 0 aliphatic heterocycles. The molecule has 0 radical (unpaired) electrons. The molecule has 0 bridgehead atoms. The van der Waals surface area contributed by atoms with Crippen LogP contribution in [0.3, 0.4) is 0 Å². The highest BCUT2D eigenvalue weighted by atomic mass is 16.5. The molecule has 0 fully saturated rings. The molecule has 0 amide bonds. The monoisotopic (exact) mass is 552 g/mol. The highest BCUT2D eigenvalue weighted by Gasteiger charge is 2.39. The van der Waals surface area contributed by atoms with Crippen molar-refractivity contribution >= 4 is 0 Å². The predicted molar refractivity (Wildman–Crippen MR) is 168 cm³/mol. The van der Waals surface area contributed by atoms with Crippen LogP contribution in [0.25, 0.3) is 0 Å². The summed E-state index contributed by atoms with van der Waals surface area (Å²) < 4.78 is 24.5. The first kappa shape index (κ1) is 32.2. The predicted octanol–water partition coefficient (Wildman–Crippen LogP) is 10.2. The van der Waals surface area contributed by atoms with Gasteiger partial charge >= 0.3 is 0 Å². The molecule has 0 saturated carbocycles. The van der Waals surface area contributed by atoms with E-state index in [0.717, 1.165) is 55.5 Å². The van der Waals surface area contributed by atoms with E-state index in [4.69, 9.17) is 18.9 Å². The lowest BCUT2D eigenvalue weighted by Gasteiger charge is -2.23. The Morgan fingerprint density at radius 1 is 0.675 bits per heavy atom. The number of ether oxygens (including phenoxy) is 4. The maximum Gasteiger partial charge on any atom is 0.161 e. The van der Waals surface area contributed by atoms with E-state index in [1.54, 1.807) is 14.2 Å². The van der Waals surface area contributed by atoms with Crippen LogP contribution >= 0.6 is 0 Å². The molecule has 4 heteroatoms. The zero-order chi connectivity index (χ0) is 29.1. The number of hydrogen-bond acceptors (Lipinski definition) is 4. The first-order chi connectivity index (χ1) is 19.5. The van der Waals surface area contributed by atoms with Crippen molar-refractivity contribution in [3.05, 3.63) is 47.0 Å². The van der Waals surface area contributed by atoms with Crippen LogP contribution in [0.1, 0.15) is 128 Å². The number of hydrogen-bond donors (Lipinski definition) is 0. The molecule has 2 aromatic rings. The van der Waals surface area contributed by atoms with Gasteiger partial charge in [-0.2, -0.15) is 0 Å². The summed E-state index contributed by atoms with van der Waals surface area (Å²) in [7, 11) is 3.51. The van der Waals surface area contributed by atoms with Crippen LogP contribution in [0, 0.1) is 17.8 Å². The minimum atomic E-state index is 0.270. The minimum Gasteiger partial charge on any atom is -0.493 e. The van der Waals surface area contributed by atoms with Crippen molar-refractivity contribution in [1.82, 2.24) is 0 Å². The number of benzene rings is 2. The quantitative estimate of drug-likeness (QED) is 0.184. The zero-order valence-corrected chi connectivity index (χ0v) is 26.7. The van der Waals surface area contributed by atoms with Gasteiger partial charge in [0.15, 0.2) is 23.0 Å². The van der Waals surface area contributed by atoms with Crippen LogP contribution in [0.2, 0.25) is 0 Å².